The molecule has 0 aliphatic rings. The zero-order valence-electron chi connectivity index (χ0n) is 27.5. The van der Waals surface area contributed by atoms with Gasteiger partial charge in [0.25, 0.3) is 0 Å². The first-order valence-corrected chi connectivity index (χ1v) is 18.1. The molecule has 0 unspecified atom stereocenters. The van der Waals surface area contributed by atoms with E-state index in [4.69, 9.17) is 4.98 Å². The number of benzene rings is 7. The van der Waals surface area contributed by atoms with Crippen LogP contribution in [0.15, 0.2) is 176 Å². The Balaban J connectivity index is 1.11. The van der Waals surface area contributed by atoms with Crippen molar-refractivity contribution in [2.24, 2.45) is 0 Å². The Labute approximate surface area is 297 Å². The van der Waals surface area contributed by atoms with Crippen molar-refractivity contribution in [3.8, 4) is 33.8 Å². The fourth-order valence-corrected chi connectivity index (χ4v) is 9.29. The smallest absolute Gasteiger partial charge is 0.155 e. The van der Waals surface area contributed by atoms with Crippen molar-refractivity contribution in [3.63, 3.8) is 0 Å². The fraction of sp³-hybridized carbons (Fsp3) is 0. The number of hydrogen-bond donors (Lipinski definition) is 0. The molecule has 3 nitrogen and oxygen atoms in total. The van der Waals surface area contributed by atoms with Crippen LogP contribution in [0, 0.1) is 0 Å². The predicted molar refractivity (Wildman–Crippen MR) is 217 cm³/mol. The molecule has 0 N–H and O–H groups in total. The molecule has 0 radical (unpaired) electrons. The van der Waals surface area contributed by atoms with E-state index in [9.17, 15) is 0 Å². The summed E-state index contributed by atoms with van der Waals surface area (Å²) in [7, 11) is 0. The van der Waals surface area contributed by atoms with E-state index in [1.807, 2.05) is 17.5 Å². The lowest BCUT2D eigenvalue weighted by atomic mass is 10.0. The number of pyridine rings is 1. The highest BCUT2D eigenvalue weighted by Crippen LogP contribution is 2.44. The maximum atomic E-state index is 5.06. The first-order chi connectivity index (χ1) is 25.3. The van der Waals surface area contributed by atoms with Gasteiger partial charge in [0.2, 0.25) is 0 Å². The Bertz CT molecular complexity index is 3110. The Morgan fingerprint density at radius 1 is 0.373 bits per heavy atom. The summed E-state index contributed by atoms with van der Waals surface area (Å²) < 4.78 is 7.29. The molecule has 11 rings (SSSR count). The normalized spacial score (nSPS) is 11.9. The second-order valence-electron chi connectivity index (χ2n) is 13.2. The van der Waals surface area contributed by atoms with Gasteiger partial charge in [0.05, 0.1) is 26.8 Å². The second-order valence-corrected chi connectivity index (χ2v) is 14.2. The Morgan fingerprint density at radius 3 is 1.55 bits per heavy atom. The molecule has 0 bridgehead atoms. The van der Waals surface area contributed by atoms with Crippen LogP contribution < -0.4 is 0 Å². The van der Waals surface area contributed by atoms with Gasteiger partial charge in [-0.15, -0.1) is 11.3 Å². The second kappa shape index (κ2) is 11.0. The van der Waals surface area contributed by atoms with Crippen LogP contribution in [0.1, 0.15) is 0 Å². The van der Waals surface area contributed by atoms with Crippen LogP contribution in [0.4, 0.5) is 0 Å². The predicted octanol–water partition coefficient (Wildman–Crippen LogP) is 13.0. The highest BCUT2D eigenvalue weighted by atomic mass is 32.1. The number of thiophene rings is 1. The lowest BCUT2D eigenvalue weighted by Crippen LogP contribution is -1.97. The molecule has 4 aromatic heterocycles. The Kier molecular flexibility index (Phi) is 6.12. The molecule has 0 aliphatic heterocycles. The van der Waals surface area contributed by atoms with E-state index in [-0.39, 0.29) is 0 Å². The summed E-state index contributed by atoms with van der Waals surface area (Å²) in [4.78, 5) is 5.06. The van der Waals surface area contributed by atoms with Gasteiger partial charge in [0.1, 0.15) is 0 Å². The maximum absolute atomic E-state index is 5.06. The number of aromatic nitrogens is 3. The third-order valence-electron chi connectivity index (χ3n) is 10.4. The number of hydrogen-bond acceptors (Lipinski definition) is 2. The van der Waals surface area contributed by atoms with Crippen LogP contribution in [0.25, 0.3) is 97.5 Å². The van der Waals surface area contributed by atoms with Crippen LogP contribution in [-0.4, -0.2) is 14.1 Å². The average Bonchev–Trinajstić information content (AvgIpc) is 3.86. The summed E-state index contributed by atoms with van der Waals surface area (Å²) >= 11 is 1.82. The number of nitrogens with zero attached hydrogens (tertiary/aromatic N) is 3. The quantitative estimate of drug-likeness (QED) is 0.183. The maximum Gasteiger partial charge on any atom is 0.155 e. The van der Waals surface area contributed by atoms with Crippen molar-refractivity contribution in [1.29, 1.82) is 0 Å². The van der Waals surface area contributed by atoms with Gasteiger partial charge < -0.3 is 4.57 Å². The van der Waals surface area contributed by atoms with Gasteiger partial charge in [-0.2, -0.15) is 0 Å². The van der Waals surface area contributed by atoms with Crippen molar-refractivity contribution in [1.82, 2.24) is 14.1 Å². The molecule has 11 aromatic rings. The Morgan fingerprint density at radius 2 is 0.882 bits per heavy atom. The van der Waals surface area contributed by atoms with Gasteiger partial charge in [-0.1, -0.05) is 121 Å². The van der Waals surface area contributed by atoms with Gasteiger partial charge in [-0.25, -0.2) is 4.98 Å². The summed E-state index contributed by atoms with van der Waals surface area (Å²) in [6.45, 7) is 0. The topological polar surface area (TPSA) is 22.8 Å². The monoisotopic (exact) mass is 667 g/mol. The lowest BCUT2D eigenvalue weighted by Gasteiger charge is -2.11. The summed E-state index contributed by atoms with van der Waals surface area (Å²) in [6, 6.07) is 61.5. The molecule has 0 atom stereocenters. The van der Waals surface area contributed by atoms with Gasteiger partial charge >= 0.3 is 0 Å². The van der Waals surface area contributed by atoms with Crippen molar-refractivity contribution >= 4 is 75.1 Å². The van der Waals surface area contributed by atoms with Crippen molar-refractivity contribution < 1.29 is 0 Å². The highest BCUT2D eigenvalue weighted by Gasteiger charge is 2.22. The van der Waals surface area contributed by atoms with Crippen LogP contribution in [0.2, 0.25) is 0 Å². The number of rotatable bonds is 4. The molecular formula is C47H29N3S. The molecule has 0 spiro atoms. The zero-order valence-corrected chi connectivity index (χ0v) is 28.3. The summed E-state index contributed by atoms with van der Waals surface area (Å²) in [5.41, 5.74) is 10.7. The molecule has 0 aliphatic carbocycles. The first-order valence-electron chi connectivity index (χ1n) is 17.3. The molecular weight excluding hydrogens is 639 g/mol. The van der Waals surface area contributed by atoms with Gasteiger partial charge in [0.15, 0.2) is 5.82 Å². The summed E-state index contributed by atoms with van der Waals surface area (Å²) in [5, 5.41) is 7.53. The van der Waals surface area contributed by atoms with Crippen LogP contribution in [0.3, 0.4) is 0 Å². The van der Waals surface area contributed by atoms with E-state index in [2.05, 4.69) is 179 Å². The molecule has 0 amide bonds. The van der Waals surface area contributed by atoms with Crippen molar-refractivity contribution in [2.45, 2.75) is 0 Å². The largest absolute Gasteiger partial charge is 0.309 e. The first kappa shape index (κ1) is 28.4. The lowest BCUT2D eigenvalue weighted by molar-refractivity contribution is 1.10. The highest BCUT2D eigenvalue weighted by molar-refractivity contribution is 7.26. The molecule has 7 aromatic carbocycles. The van der Waals surface area contributed by atoms with Crippen LogP contribution in [0.5, 0.6) is 0 Å². The van der Waals surface area contributed by atoms with E-state index in [0.29, 0.717) is 0 Å². The minimum absolute atomic E-state index is 0.982. The SMILES string of the molecule is c1ccc(-c2ccc(-c3ccc(-n4c5ccccc5c5c6c7ccccc7n(-c7nccc8c7sc7ccccc78)c6ccc54)cc3)cc2)cc1. The zero-order chi connectivity index (χ0) is 33.5. The van der Waals surface area contributed by atoms with E-state index in [0.717, 1.165) is 17.0 Å². The standard InChI is InChI=1S/C47H29N3S/c1-2-10-30(11-3-1)31-18-20-32(21-19-31)33-22-24-34(25-23-33)49-39-15-7-4-13-37(39)44-41(49)26-27-42-45(44)38-14-5-8-16-40(38)50(42)47-46-36(28-29-48-47)35-12-6-9-17-43(35)51-46/h1-29H. The third kappa shape index (κ3) is 4.21. The third-order valence-corrected chi connectivity index (χ3v) is 11.6. The van der Waals surface area contributed by atoms with E-state index in [1.54, 1.807) is 0 Å². The van der Waals surface area contributed by atoms with E-state index in [1.165, 1.54) is 80.5 Å². The van der Waals surface area contributed by atoms with Gasteiger partial charge in [0, 0.05) is 48.9 Å². The number of fused-ring (bicyclic) bond motifs is 10. The average molecular weight is 668 g/mol. The van der Waals surface area contributed by atoms with Gasteiger partial charge in [-0.3, -0.25) is 4.57 Å². The van der Waals surface area contributed by atoms with E-state index >= 15 is 0 Å². The van der Waals surface area contributed by atoms with Crippen molar-refractivity contribution in [3.05, 3.63) is 176 Å². The molecule has 4 heterocycles. The number of para-hydroxylation sites is 2. The molecule has 4 heteroatoms. The van der Waals surface area contributed by atoms with Crippen LogP contribution >= 0.6 is 11.3 Å². The van der Waals surface area contributed by atoms with Gasteiger partial charge in [-0.05, 0) is 70.8 Å². The fourth-order valence-electron chi connectivity index (χ4n) is 8.11. The minimum atomic E-state index is 0.982. The molecule has 238 valence electrons. The molecule has 0 saturated heterocycles. The summed E-state index contributed by atoms with van der Waals surface area (Å²) in [6.07, 6.45) is 1.96. The van der Waals surface area contributed by atoms with Crippen molar-refractivity contribution in [2.75, 3.05) is 0 Å². The molecule has 51 heavy (non-hydrogen) atoms. The molecule has 0 fully saturated rings. The molecule has 0 saturated carbocycles. The Hall–Kier alpha value is -6.49. The minimum Gasteiger partial charge on any atom is -0.309 e. The van der Waals surface area contributed by atoms with E-state index < -0.39 is 0 Å². The summed E-state index contributed by atoms with van der Waals surface area (Å²) in [5.74, 6) is 0.982. The van der Waals surface area contributed by atoms with Crippen LogP contribution in [-0.2, 0) is 0 Å².